The molecule has 45 heavy (non-hydrogen) atoms. The van der Waals surface area contributed by atoms with Gasteiger partial charge in [0.05, 0.1) is 23.4 Å². The number of rotatable bonds is 10. The first kappa shape index (κ1) is 29.6. The summed E-state index contributed by atoms with van der Waals surface area (Å²) >= 11 is 0. The molecule has 3 saturated carbocycles. The molecule has 3 aromatic rings. The number of carbonyl (C=O) groups excluding carboxylic acids is 2. The third kappa shape index (κ3) is 4.83. The number of aliphatic hydroxyl groups excluding tert-OH is 1. The van der Waals surface area contributed by atoms with E-state index in [-0.39, 0.29) is 46.9 Å². The number of carboxylic acid groups (broad SMARTS) is 1. The molecule has 0 spiro atoms. The lowest BCUT2D eigenvalue weighted by Crippen LogP contribution is -2.63. The van der Waals surface area contributed by atoms with Gasteiger partial charge in [-0.1, -0.05) is 31.2 Å². The highest BCUT2D eigenvalue weighted by atomic mass is 16.5. The minimum atomic E-state index is -1.15. The maximum absolute atomic E-state index is 12.6. The van der Waals surface area contributed by atoms with Crippen LogP contribution in [0.3, 0.4) is 0 Å². The molecule has 3 aliphatic carbocycles. The van der Waals surface area contributed by atoms with Crippen LogP contribution < -0.4 is 10.5 Å². The molecule has 2 aliphatic heterocycles. The van der Waals surface area contributed by atoms with E-state index in [1.165, 1.54) is 10.5 Å². The fourth-order valence-electron chi connectivity index (χ4n) is 8.87. The van der Waals surface area contributed by atoms with Crippen molar-refractivity contribution in [2.75, 3.05) is 6.61 Å². The summed E-state index contributed by atoms with van der Waals surface area (Å²) in [6, 6.07) is 11.8. The van der Waals surface area contributed by atoms with Crippen LogP contribution in [0.2, 0.25) is 0 Å². The molecule has 4 atom stereocenters. The first-order chi connectivity index (χ1) is 21.5. The van der Waals surface area contributed by atoms with Crippen molar-refractivity contribution in [3.05, 3.63) is 65.4 Å². The number of hydrogen-bond donors (Lipinski definition) is 3. The van der Waals surface area contributed by atoms with Gasteiger partial charge in [-0.2, -0.15) is 0 Å². The normalized spacial score (nSPS) is 29.9. The van der Waals surface area contributed by atoms with Crippen molar-refractivity contribution >= 4 is 39.7 Å². The summed E-state index contributed by atoms with van der Waals surface area (Å²) in [6.45, 7) is 3.66. The number of amides is 2. The summed E-state index contributed by atoms with van der Waals surface area (Å²) < 4.78 is 12.5. The average Bonchev–Trinajstić information content (AvgIpc) is 3.48. The molecule has 0 radical (unpaired) electrons. The highest BCUT2D eigenvalue weighted by molar-refractivity contribution is 6.08. The van der Waals surface area contributed by atoms with Gasteiger partial charge in [-0.15, -0.1) is 0 Å². The molecule has 3 unspecified atom stereocenters. The van der Waals surface area contributed by atoms with Crippen molar-refractivity contribution in [3.8, 4) is 5.75 Å². The first-order valence-corrected chi connectivity index (χ1v) is 16.0. The second-order valence-corrected chi connectivity index (χ2v) is 14.0. The zero-order valence-corrected chi connectivity index (χ0v) is 25.8. The number of allylic oxidation sites excluding steroid dienone is 1. The Hall–Kier alpha value is -4.11. The fraction of sp³-hybridized carbons (Fsp3) is 0.472. The predicted molar refractivity (Wildman–Crippen MR) is 168 cm³/mol. The molecule has 2 amide bonds. The van der Waals surface area contributed by atoms with E-state index >= 15 is 0 Å². The van der Waals surface area contributed by atoms with Gasteiger partial charge in [-0.3, -0.25) is 9.59 Å². The van der Waals surface area contributed by atoms with E-state index in [4.69, 9.17) is 14.9 Å². The maximum atomic E-state index is 12.6. The molecule has 8 rings (SSSR count). The summed E-state index contributed by atoms with van der Waals surface area (Å²) in [6.07, 6.45) is 10.8. The van der Waals surface area contributed by atoms with Crippen LogP contribution in [-0.2, 0) is 20.8 Å². The van der Waals surface area contributed by atoms with Crippen LogP contribution in [0.15, 0.2) is 64.2 Å². The number of fused-ring (bicyclic) bond motifs is 7. The number of nitrogens with zero attached hydrogens (tertiary/aromatic N) is 1. The van der Waals surface area contributed by atoms with E-state index in [2.05, 4.69) is 18.2 Å². The van der Waals surface area contributed by atoms with Gasteiger partial charge in [0.2, 0.25) is 11.8 Å². The summed E-state index contributed by atoms with van der Waals surface area (Å²) in [5.41, 5.74) is 9.29. The number of aliphatic carboxylic acids is 1. The molecule has 9 heteroatoms. The van der Waals surface area contributed by atoms with E-state index in [0.717, 1.165) is 66.9 Å². The Morgan fingerprint density at radius 3 is 2.49 bits per heavy atom. The summed E-state index contributed by atoms with van der Waals surface area (Å²) in [5.74, 6) is -1.82. The van der Waals surface area contributed by atoms with Crippen LogP contribution in [0.5, 0.6) is 5.75 Å². The third-order valence-electron chi connectivity index (χ3n) is 11.3. The number of hydrogen-bond acceptors (Lipinski definition) is 6. The summed E-state index contributed by atoms with van der Waals surface area (Å²) in [7, 11) is 0. The van der Waals surface area contributed by atoms with Gasteiger partial charge in [0.25, 0.3) is 0 Å². The second-order valence-electron chi connectivity index (χ2n) is 14.0. The lowest BCUT2D eigenvalue weighted by molar-refractivity contribution is -0.163. The Labute approximate surface area is 261 Å². The Balaban J connectivity index is 1.07. The number of furan rings is 1. The number of nitrogens with two attached hydrogens (primary N) is 1. The second kappa shape index (κ2) is 10.8. The van der Waals surface area contributed by atoms with Crippen molar-refractivity contribution in [1.29, 1.82) is 0 Å². The van der Waals surface area contributed by atoms with Crippen molar-refractivity contribution < 1.29 is 33.8 Å². The third-order valence-corrected chi connectivity index (χ3v) is 11.3. The predicted octanol–water partition coefficient (Wildman–Crippen LogP) is 5.48. The van der Waals surface area contributed by atoms with Gasteiger partial charge in [-0.25, -0.2) is 4.79 Å². The molecule has 9 nitrogen and oxygen atoms in total. The van der Waals surface area contributed by atoms with E-state index in [1.807, 2.05) is 25.1 Å². The average molecular weight is 613 g/mol. The van der Waals surface area contributed by atoms with Crippen molar-refractivity contribution in [3.63, 3.8) is 0 Å². The number of ether oxygens (including phenoxy) is 1. The molecule has 2 aromatic carbocycles. The fourth-order valence-corrected chi connectivity index (χ4v) is 8.87. The highest BCUT2D eigenvalue weighted by Gasteiger charge is 2.59. The van der Waals surface area contributed by atoms with Crippen LogP contribution in [0, 0.1) is 22.7 Å². The number of primary amides is 1. The number of aliphatic hydroxyl groups is 1. The molecule has 5 aliphatic rings. The van der Waals surface area contributed by atoms with Gasteiger partial charge < -0.3 is 30.0 Å². The van der Waals surface area contributed by atoms with Crippen LogP contribution in [0.1, 0.15) is 64.4 Å². The van der Waals surface area contributed by atoms with Crippen LogP contribution in [0.4, 0.5) is 0 Å². The Morgan fingerprint density at radius 1 is 1.11 bits per heavy atom. The molecule has 1 saturated heterocycles. The zero-order valence-electron chi connectivity index (χ0n) is 25.8. The molecular weight excluding hydrogens is 572 g/mol. The van der Waals surface area contributed by atoms with Crippen molar-refractivity contribution in [1.82, 2.24) is 4.90 Å². The van der Waals surface area contributed by atoms with Crippen molar-refractivity contribution in [2.24, 2.45) is 28.4 Å². The Morgan fingerprint density at radius 2 is 1.82 bits per heavy atom. The number of benzene rings is 2. The first-order valence-electron chi connectivity index (χ1n) is 16.0. The van der Waals surface area contributed by atoms with Crippen LogP contribution in [-0.4, -0.2) is 51.6 Å². The molecule has 2 bridgehead atoms. The summed E-state index contributed by atoms with van der Waals surface area (Å²) in [4.78, 5) is 37.6. The van der Waals surface area contributed by atoms with Gasteiger partial charge >= 0.3 is 5.97 Å². The zero-order chi connectivity index (χ0) is 31.7. The number of carbonyl (C=O) groups is 3. The standard InChI is InChI=1S/C36H40N2O7/c1-20-23(32(34(42)43)38-31(20)29(21(2)39)33(38)41)5-4-16-44-25-6-3-7-26-30(25)24-9-8-22(17-27(24)45-26)18-35-10-13-36(14-11-35,15-12-35)19-28(37)40/h3-9,17,20-21,29,31,39H,10-16,18-19H2,1-2H3,(H2,37,40)(H,42,43)/b5-4+/t20-,21?,29?,31?,35?,36?/m0/s1. The molecule has 3 heterocycles. The molecule has 4 N–H and O–H groups in total. The molecule has 1 aromatic heterocycles. The molecular formula is C36H40N2O7. The monoisotopic (exact) mass is 612 g/mol. The molecule has 236 valence electrons. The lowest BCUT2D eigenvalue weighted by atomic mass is 9.51. The number of carboxylic acids is 1. The largest absolute Gasteiger partial charge is 0.489 e. The van der Waals surface area contributed by atoms with Gasteiger partial charge in [0, 0.05) is 17.7 Å². The highest BCUT2D eigenvalue weighted by Crippen LogP contribution is 2.59. The Kier molecular flexibility index (Phi) is 7.07. The quantitative estimate of drug-likeness (QED) is 0.258. The van der Waals surface area contributed by atoms with Crippen molar-refractivity contribution in [2.45, 2.75) is 77.4 Å². The van der Waals surface area contributed by atoms with Gasteiger partial charge in [-0.05, 0) is 98.1 Å². The van der Waals surface area contributed by atoms with Gasteiger partial charge in [0.15, 0.2) is 0 Å². The number of β-lactam (4-membered cyclic amide) rings is 1. The van der Waals surface area contributed by atoms with Gasteiger partial charge in [0.1, 0.15) is 29.2 Å². The minimum Gasteiger partial charge on any atom is -0.489 e. The topological polar surface area (TPSA) is 143 Å². The maximum Gasteiger partial charge on any atom is 0.352 e. The van der Waals surface area contributed by atoms with E-state index in [9.17, 15) is 24.6 Å². The summed E-state index contributed by atoms with van der Waals surface area (Å²) in [5, 5.41) is 21.8. The smallest absolute Gasteiger partial charge is 0.352 e. The Bertz CT molecular complexity index is 1760. The lowest BCUT2D eigenvalue weighted by Gasteiger charge is -2.53. The van der Waals surface area contributed by atoms with Crippen LogP contribution in [0.25, 0.3) is 21.9 Å². The SMILES string of the molecule is CC(O)C1C(=O)N2C(C(=O)O)=C(/C=C/COc3cccc4oc5cc(CC67CCC(CC(N)=O)(CC6)CC7)ccc5c34)[C@H](C)C12. The van der Waals surface area contributed by atoms with E-state index < -0.39 is 18.0 Å². The van der Waals surface area contributed by atoms with E-state index in [1.54, 1.807) is 19.1 Å². The molecule has 4 fully saturated rings. The van der Waals surface area contributed by atoms with Crippen LogP contribution >= 0.6 is 0 Å². The minimum absolute atomic E-state index is 0.0182. The van der Waals surface area contributed by atoms with E-state index in [0.29, 0.717) is 17.7 Å².